The molecular weight excluding hydrogens is 144 g/mol. The molecule has 0 aliphatic heterocycles. The fourth-order valence-corrected chi connectivity index (χ4v) is 0.857. The second-order valence-electron chi connectivity index (χ2n) is 1.85. The zero-order chi connectivity index (χ0) is 7.56. The first kappa shape index (κ1) is 6.97. The zero-order valence-electron chi connectivity index (χ0n) is 5.20. The maximum absolute atomic E-state index is 8.48. The van der Waals surface area contributed by atoms with Gasteiger partial charge in [0.15, 0.2) is 0 Å². The van der Waals surface area contributed by atoms with Crippen LogP contribution in [-0.2, 0) is 0 Å². The maximum Gasteiger partial charge on any atom is 0.101 e. The molecule has 0 heterocycles. The Balaban J connectivity index is 3.31. The van der Waals surface area contributed by atoms with Gasteiger partial charge in [0.2, 0.25) is 0 Å². The first-order valence-electron chi connectivity index (χ1n) is 2.73. The minimum Gasteiger partial charge on any atom is -0.397 e. The van der Waals surface area contributed by atoms with E-state index < -0.39 is 0 Å². The number of benzene rings is 1. The SMILES string of the molecule is N#Cc1cccc(S)c1N. The maximum atomic E-state index is 8.48. The summed E-state index contributed by atoms with van der Waals surface area (Å²) in [6.07, 6.45) is 0. The number of hydrogen-bond donors (Lipinski definition) is 2. The normalized spacial score (nSPS) is 8.80. The van der Waals surface area contributed by atoms with Gasteiger partial charge in [-0.2, -0.15) is 5.26 Å². The van der Waals surface area contributed by atoms with Crippen LogP contribution < -0.4 is 5.73 Å². The molecule has 0 saturated carbocycles. The van der Waals surface area contributed by atoms with Crippen LogP contribution in [0, 0.1) is 11.3 Å². The predicted octanol–water partition coefficient (Wildman–Crippen LogP) is 1.43. The van der Waals surface area contributed by atoms with Crippen LogP contribution in [0.2, 0.25) is 0 Å². The fraction of sp³-hybridized carbons (Fsp3) is 0. The van der Waals surface area contributed by atoms with Gasteiger partial charge in [-0.05, 0) is 12.1 Å². The molecule has 0 spiro atoms. The lowest BCUT2D eigenvalue weighted by Gasteiger charge is -1.97. The minimum absolute atomic E-state index is 0.452. The highest BCUT2D eigenvalue weighted by Crippen LogP contribution is 2.19. The number of rotatable bonds is 0. The standard InChI is InChI=1S/C7H6N2S/c8-4-5-2-1-3-6(10)7(5)9/h1-3,10H,9H2. The highest BCUT2D eigenvalue weighted by molar-refractivity contribution is 7.80. The van der Waals surface area contributed by atoms with Gasteiger partial charge in [0.25, 0.3) is 0 Å². The molecule has 0 atom stereocenters. The van der Waals surface area contributed by atoms with E-state index in [0.29, 0.717) is 16.1 Å². The minimum atomic E-state index is 0.452. The number of para-hydroxylation sites is 1. The van der Waals surface area contributed by atoms with E-state index >= 15 is 0 Å². The molecule has 0 radical (unpaired) electrons. The third kappa shape index (κ3) is 1.07. The zero-order valence-corrected chi connectivity index (χ0v) is 6.10. The first-order chi connectivity index (χ1) is 4.75. The Hall–Kier alpha value is -1.14. The summed E-state index contributed by atoms with van der Waals surface area (Å²) in [6, 6.07) is 7.12. The molecule has 0 aliphatic carbocycles. The van der Waals surface area contributed by atoms with Crippen molar-refractivity contribution in [3.63, 3.8) is 0 Å². The Morgan fingerprint density at radius 3 is 2.70 bits per heavy atom. The van der Waals surface area contributed by atoms with Crippen LogP contribution in [0.4, 0.5) is 5.69 Å². The van der Waals surface area contributed by atoms with Crippen LogP contribution in [-0.4, -0.2) is 0 Å². The first-order valence-corrected chi connectivity index (χ1v) is 3.18. The molecule has 2 nitrogen and oxygen atoms in total. The van der Waals surface area contributed by atoms with Crippen molar-refractivity contribution in [3.8, 4) is 6.07 Å². The Bertz CT molecular complexity index is 288. The molecular formula is C7H6N2S. The van der Waals surface area contributed by atoms with Crippen molar-refractivity contribution in [1.29, 1.82) is 5.26 Å². The van der Waals surface area contributed by atoms with E-state index in [2.05, 4.69) is 12.6 Å². The topological polar surface area (TPSA) is 49.8 Å². The molecule has 0 bridgehead atoms. The number of hydrogen-bond acceptors (Lipinski definition) is 3. The van der Waals surface area contributed by atoms with Crippen molar-refractivity contribution in [3.05, 3.63) is 23.8 Å². The monoisotopic (exact) mass is 150 g/mol. The lowest BCUT2D eigenvalue weighted by atomic mass is 10.2. The Morgan fingerprint density at radius 2 is 2.20 bits per heavy atom. The van der Waals surface area contributed by atoms with Gasteiger partial charge in [0.1, 0.15) is 6.07 Å². The Morgan fingerprint density at radius 1 is 1.50 bits per heavy atom. The summed E-state index contributed by atoms with van der Waals surface area (Å²) >= 11 is 4.05. The average Bonchev–Trinajstić information content (AvgIpc) is 1.95. The Kier molecular flexibility index (Phi) is 1.83. The van der Waals surface area contributed by atoms with Crippen molar-refractivity contribution in [2.24, 2.45) is 0 Å². The van der Waals surface area contributed by atoms with E-state index in [1.807, 2.05) is 6.07 Å². The molecule has 2 N–H and O–H groups in total. The summed E-state index contributed by atoms with van der Waals surface area (Å²) in [6.45, 7) is 0. The molecule has 3 heteroatoms. The fourth-order valence-electron chi connectivity index (χ4n) is 0.651. The van der Waals surface area contributed by atoms with Crippen molar-refractivity contribution >= 4 is 18.3 Å². The molecule has 50 valence electrons. The molecule has 1 aromatic rings. The number of nitrogens with two attached hydrogens (primary N) is 1. The van der Waals surface area contributed by atoms with E-state index in [0.717, 1.165) is 0 Å². The molecule has 0 aromatic heterocycles. The highest BCUT2D eigenvalue weighted by atomic mass is 32.1. The third-order valence-corrected chi connectivity index (χ3v) is 1.59. The number of nitrogens with zero attached hydrogens (tertiary/aromatic N) is 1. The second kappa shape index (κ2) is 2.63. The summed E-state index contributed by atoms with van der Waals surface area (Å²) < 4.78 is 0. The lowest BCUT2D eigenvalue weighted by Crippen LogP contribution is -1.90. The smallest absolute Gasteiger partial charge is 0.101 e. The molecule has 0 aliphatic rings. The van der Waals surface area contributed by atoms with E-state index in [1.54, 1.807) is 18.2 Å². The van der Waals surface area contributed by atoms with Crippen molar-refractivity contribution in [1.82, 2.24) is 0 Å². The Labute approximate surface area is 64.7 Å². The van der Waals surface area contributed by atoms with Crippen LogP contribution in [0.5, 0.6) is 0 Å². The number of nitriles is 1. The summed E-state index contributed by atoms with van der Waals surface area (Å²) in [7, 11) is 0. The van der Waals surface area contributed by atoms with Gasteiger partial charge in [-0.25, -0.2) is 0 Å². The van der Waals surface area contributed by atoms with E-state index in [9.17, 15) is 0 Å². The second-order valence-corrected chi connectivity index (χ2v) is 2.33. The molecule has 0 fully saturated rings. The van der Waals surface area contributed by atoms with Gasteiger partial charge in [-0.15, -0.1) is 12.6 Å². The highest BCUT2D eigenvalue weighted by Gasteiger charge is 1.98. The molecule has 0 amide bonds. The van der Waals surface area contributed by atoms with Crippen LogP contribution in [0.15, 0.2) is 23.1 Å². The van der Waals surface area contributed by atoms with Gasteiger partial charge in [-0.1, -0.05) is 6.07 Å². The molecule has 0 saturated heterocycles. The van der Waals surface area contributed by atoms with E-state index in [4.69, 9.17) is 11.0 Å². The van der Waals surface area contributed by atoms with E-state index in [-0.39, 0.29) is 0 Å². The predicted molar refractivity (Wildman–Crippen MR) is 42.8 cm³/mol. The molecule has 0 unspecified atom stereocenters. The number of anilines is 1. The third-order valence-electron chi connectivity index (χ3n) is 1.20. The van der Waals surface area contributed by atoms with Crippen LogP contribution in [0.25, 0.3) is 0 Å². The van der Waals surface area contributed by atoms with Crippen LogP contribution in [0.3, 0.4) is 0 Å². The van der Waals surface area contributed by atoms with Crippen LogP contribution >= 0.6 is 12.6 Å². The summed E-state index contributed by atoms with van der Waals surface area (Å²) in [4.78, 5) is 0.652. The molecule has 1 aromatic carbocycles. The van der Waals surface area contributed by atoms with E-state index in [1.165, 1.54) is 0 Å². The van der Waals surface area contributed by atoms with Gasteiger partial charge < -0.3 is 5.73 Å². The van der Waals surface area contributed by atoms with Crippen molar-refractivity contribution in [2.75, 3.05) is 5.73 Å². The average molecular weight is 150 g/mol. The number of nitrogen functional groups attached to an aromatic ring is 1. The quantitative estimate of drug-likeness (QED) is 0.434. The lowest BCUT2D eigenvalue weighted by molar-refractivity contribution is 1.41. The van der Waals surface area contributed by atoms with Gasteiger partial charge in [-0.3, -0.25) is 0 Å². The summed E-state index contributed by atoms with van der Waals surface area (Å²) in [5.74, 6) is 0. The largest absolute Gasteiger partial charge is 0.397 e. The van der Waals surface area contributed by atoms with Crippen molar-refractivity contribution < 1.29 is 0 Å². The molecule has 10 heavy (non-hydrogen) atoms. The molecule has 1 rings (SSSR count). The van der Waals surface area contributed by atoms with Gasteiger partial charge in [0, 0.05) is 4.90 Å². The number of thiol groups is 1. The summed E-state index contributed by atoms with van der Waals surface area (Å²) in [5, 5.41) is 8.48. The van der Waals surface area contributed by atoms with Crippen molar-refractivity contribution in [2.45, 2.75) is 4.90 Å². The summed E-state index contributed by atoms with van der Waals surface area (Å²) in [5.41, 5.74) is 6.43. The van der Waals surface area contributed by atoms with Crippen LogP contribution in [0.1, 0.15) is 5.56 Å². The van der Waals surface area contributed by atoms with Gasteiger partial charge in [0.05, 0.1) is 11.3 Å². The van der Waals surface area contributed by atoms with Gasteiger partial charge >= 0.3 is 0 Å².